The zero-order chi connectivity index (χ0) is 24.1. The highest BCUT2D eigenvalue weighted by molar-refractivity contribution is 7.80. The Bertz CT molecular complexity index is 1180. The Labute approximate surface area is 200 Å². The summed E-state index contributed by atoms with van der Waals surface area (Å²) in [4.78, 5) is 29.8. The van der Waals surface area contributed by atoms with Gasteiger partial charge in [-0.3, -0.25) is 19.8 Å². The van der Waals surface area contributed by atoms with Crippen molar-refractivity contribution in [1.29, 1.82) is 0 Å². The molecule has 2 aromatic rings. The lowest BCUT2D eigenvalue weighted by atomic mass is 9.79. The first-order valence-corrected chi connectivity index (χ1v) is 11.4. The van der Waals surface area contributed by atoms with Crippen LogP contribution in [0.1, 0.15) is 49.8 Å². The monoisotopic (exact) mass is 463 g/mol. The number of nitrogens with one attached hydrogen (secondary N) is 1. The van der Waals surface area contributed by atoms with Crippen molar-refractivity contribution in [3.63, 3.8) is 0 Å². The molecule has 1 atom stereocenters. The van der Waals surface area contributed by atoms with Crippen molar-refractivity contribution in [2.24, 2.45) is 0 Å². The minimum absolute atomic E-state index is 0.0552. The molecule has 4 rings (SSSR count). The number of ether oxygens (including phenoxy) is 1. The van der Waals surface area contributed by atoms with E-state index in [0.717, 1.165) is 17.5 Å². The van der Waals surface area contributed by atoms with Crippen molar-refractivity contribution in [3.8, 4) is 5.75 Å². The van der Waals surface area contributed by atoms with Crippen LogP contribution in [-0.4, -0.2) is 36.6 Å². The third-order valence-corrected chi connectivity index (χ3v) is 7.04. The number of hydrogen-bond donors (Lipinski definition) is 1. The van der Waals surface area contributed by atoms with Crippen molar-refractivity contribution in [3.05, 3.63) is 58.7 Å². The molecule has 1 unspecified atom stereocenters. The van der Waals surface area contributed by atoms with Crippen LogP contribution in [0.4, 0.5) is 11.4 Å². The van der Waals surface area contributed by atoms with Crippen LogP contribution in [0.15, 0.2) is 42.0 Å². The Morgan fingerprint density at radius 1 is 1.18 bits per heavy atom. The molecule has 0 aliphatic carbocycles. The van der Waals surface area contributed by atoms with E-state index in [1.807, 2.05) is 6.92 Å². The van der Waals surface area contributed by atoms with Gasteiger partial charge in [-0.25, -0.2) is 0 Å². The van der Waals surface area contributed by atoms with Crippen molar-refractivity contribution in [1.82, 2.24) is 5.32 Å². The molecule has 6 nitrogen and oxygen atoms in total. The van der Waals surface area contributed by atoms with Crippen LogP contribution >= 0.6 is 12.2 Å². The van der Waals surface area contributed by atoms with E-state index in [1.54, 1.807) is 37.5 Å². The number of fused-ring (bicyclic) bond motifs is 1. The van der Waals surface area contributed by atoms with Crippen LogP contribution in [0.5, 0.6) is 5.75 Å². The van der Waals surface area contributed by atoms with Gasteiger partial charge >= 0.3 is 0 Å². The van der Waals surface area contributed by atoms with E-state index in [2.05, 4.69) is 50.2 Å². The van der Waals surface area contributed by atoms with Crippen molar-refractivity contribution in [2.45, 2.75) is 45.6 Å². The van der Waals surface area contributed by atoms with Crippen LogP contribution in [-0.2, 0) is 9.59 Å². The van der Waals surface area contributed by atoms with E-state index >= 15 is 0 Å². The molecule has 0 spiro atoms. The minimum Gasteiger partial charge on any atom is -0.497 e. The first kappa shape index (κ1) is 23.0. The maximum atomic E-state index is 13.4. The Morgan fingerprint density at radius 3 is 2.48 bits per heavy atom. The highest BCUT2D eigenvalue weighted by atomic mass is 32.1. The smallest absolute Gasteiger partial charge is 0.270 e. The molecule has 7 heteroatoms. The molecular weight excluding hydrogens is 434 g/mol. The van der Waals surface area contributed by atoms with E-state index in [-0.39, 0.29) is 16.2 Å². The molecular formula is C26H29N3O3S. The molecule has 2 aliphatic rings. The summed E-state index contributed by atoms with van der Waals surface area (Å²) in [5, 5.41) is 2.72. The van der Waals surface area contributed by atoms with E-state index < -0.39 is 11.8 Å². The zero-order valence-corrected chi connectivity index (χ0v) is 20.7. The number of carbonyl (C=O) groups is 2. The van der Waals surface area contributed by atoms with Crippen molar-refractivity contribution in [2.75, 3.05) is 24.0 Å². The van der Waals surface area contributed by atoms with Gasteiger partial charge in [0.05, 0.1) is 12.8 Å². The number of hydrogen-bond acceptors (Lipinski definition) is 5. The lowest BCUT2D eigenvalue weighted by molar-refractivity contribution is -0.122. The van der Waals surface area contributed by atoms with E-state index in [9.17, 15) is 9.59 Å². The summed E-state index contributed by atoms with van der Waals surface area (Å²) in [6.07, 6.45) is 2.70. The predicted molar refractivity (Wildman–Crippen MR) is 136 cm³/mol. The maximum absolute atomic E-state index is 13.4. The van der Waals surface area contributed by atoms with E-state index in [4.69, 9.17) is 17.0 Å². The molecule has 0 saturated carbocycles. The molecule has 2 heterocycles. The molecule has 33 heavy (non-hydrogen) atoms. The van der Waals surface area contributed by atoms with Gasteiger partial charge in [0, 0.05) is 18.3 Å². The Hall–Kier alpha value is -3.19. The Morgan fingerprint density at radius 2 is 1.85 bits per heavy atom. The molecule has 172 valence electrons. The fraction of sp³-hybridized carbons (Fsp3) is 0.346. The first-order chi connectivity index (χ1) is 15.5. The Kier molecular flexibility index (Phi) is 5.78. The number of carbonyl (C=O) groups excluding carboxylic acids is 2. The maximum Gasteiger partial charge on any atom is 0.270 e. The Balaban J connectivity index is 1.75. The summed E-state index contributed by atoms with van der Waals surface area (Å²) < 4.78 is 5.19. The van der Waals surface area contributed by atoms with Gasteiger partial charge in [-0.1, -0.05) is 6.92 Å². The molecule has 1 fully saturated rings. The number of nitrogens with zero attached hydrogens (tertiary/aromatic N) is 2. The van der Waals surface area contributed by atoms with Gasteiger partial charge < -0.3 is 9.64 Å². The fourth-order valence-electron chi connectivity index (χ4n) is 4.67. The van der Waals surface area contributed by atoms with Gasteiger partial charge in [-0.05, 0) is 104 Å². The predicted octanol–water partition coefficient (Wildman–Crippen LogP) is 4.56. The zero-order valence-electron chi connectivity index (χ0n) is 19.9. The van der Waals surface area contributed by atoms with E-state index in [0.29, 0.717) is 17.4 Å². The van der Waals surface area contributed by atoms with Gasteiger partial charge in [0.25, 0.3) is 11.8 Å². The summed E-state index contributed by atoms with van der Waals surface area (Å²) >= 11 is 5.31. The second kappa shape index (κ2) is 8.30. The summed E-state index contributed by atoms with van der Waals surface area (Å²) in [6, 6.07) is 11.2. The van der Waals surface area contributed by atoms with Gasteiger partial charge in [0.2, 0.25) is 0 Å². The average Bonchev–Trinajstić information content (AvgIpc) is 2.75. The third-order valence-electron chi connectivity index (χ3n) is 6.75. The largest absolute Gasteiger partial charge is 0.497 e. The molecule has 2 aromatic carbocycles. The number of methoxy groups -OCH3 is 1. The molecule has 0 aromatic heterocycles. The summed E-state index contributed by atoms with van der Waals surface area (Å²) in [5.74, 6) is 0.0969. The van der Waals surface area contributed by atoms with Crippen LogP contribution in [0.25, 0.3) is 6.08 Å². The fourth-order valence-corrected chi connectivity index (χ4v) is 4.95. The van der Waals surface area contributed by atoms with Crippen LogP contribution < -0.4 is 19.9 Å². The topological polar surface area (TPSA) is 61.9 Å². The third kappa shape index (κ3) is 4.02. The van der Waals surface area contributed by atoms with Crippen LogP contribution in [0.3, 0.4) is 0 Å². The van der Waals surface area contributed by atoms with E-state index in [1.165, 1.54) is 16.2 Å². The van der Waals surface area contributed by atoms with Gasteiger partial charge in [-0.2, -0.15) is 0 Å². The highest BCUT2D eigenvalue weighted by Gasteiger charge is 2.36. The second-order valence-corrected chi connectivity index (χ2v) is 9.79. The summed E-state index contributed by atoms with van der Waals surface area (Å²) in [7, 11) is 3.70. The number of anilines is 2. The van der Waals surface area contributed by atoms with Gasteiger partial charge in [0.1, 0.15) is 11.3 Å². The first-order valence-electron chi connectivity index (χ1n) is 11.0. The number of amides is 2. The standard InChI is InChI=1S/C26H29N3O3S/c1-15-11-22-20(16(2)14-26(3,4)28(22)5)12-17(15)13-21-23(30)27-25(33)29(24(21)31)18-7-9-19(32-6)10-8-18/h7-13,16H,14H2,1-6H3,(H,27,30,33)/b21-13+. The molecule has 1 N–H and O–H groups in total. The normalized spacial score (nSPS) is 21.2. The van der Waals surface area contributed by atoms with Gasteiger partial charge in [0.15, 0.2) is 5.11 Å². The summed E-state index contributed by atoms with van der Waals surface area (Å²) in [5.41, 5.74) is 4.96. The molecule has 2 amide bonds. The number of rotatable bonds is 3. The van der Waals surface area contributed by atoms with Crippen molar-refractivity contribution < 1.29 is 14.3 Å². The van der Waals surface area contributed by atoms with Crippen LogP contribution in [0, 0.1) is 6.92 Å². The molecule has 1 saturated heterocycles. The minimum atomic E-state index is -0.488. The number of thiocarbonyl (C=S) groups is 1. The highest BCUT2D eigenvalue weighted by Crippen LogP contribution is 2.43. The average molecular weight is 464 g/mol. The van der Waals surface area contributed by atoms with Crippen LogP contribution in [0.2, 0.25) is 0 Å². The quantitative estimate of drug-likeness (QED) is 0.411. The SMILES string of the molecule is COc1ccc(N2C(=O)/C(=C/c3cc4c(cc3C)N(C)C(C)(C)CC4C)C(=O)NC2=S)cc1. The van der Waals surface area contributed by atoms with Crippen molar-refractivity contribution >= 4 is 46.6 Å². The number of benzene rings is 2. The lowest BCUT2D eigenvalue weighted by Crippen LogP contribution is -2.54. The van der Waals surface area contributed by atoms with Gasteiger partial charge in [-0.15, -0.1) is 0 Å². The molecule has 0 bridgehead atoms. The molecule has 0 radical (unpaired) electrons. The lowest BCUT2D eigenvalue weighted by Gasteiger charge is -2.45. The molecule has 2 aliphatic heterocycles. The second-order valence-electron chi connectivity index (χ2n) is 9.40. The summed E-state index contributed by atoms with van der Waals surface area (Å²) in [6.45, 7) is 8.73. The number of aryl methyl sites for hydroxylation is 1.